The third-order valence-corrected chi connectivity index (χ3v) is 7.76. The van der Waals surface area contributed by atoms with E-state index in [1.807, 2.05) is 31.2 Å². The molecular weight excluding hydrogens is 440 g/mol. The van der Waals surface area contributed by atoms with Gasteiger partial charge in [-0.15, -0.1) is 0 Å². The molecule has 33 heavy (non-hydrogen) atoms. The van der Waals surface area contributed by atoms with Crippen molar-refractivity contribution in [1.82, 2.24) is 10.2 Å². The van der Waals surface area contributed by atoms with Gasteiger partial charge in [-0.25, -0.2) is 0 Å². The van der Waals surface area contributed by atoms with E-state index in [1.165, 1.54) is 11.1 Å². The maximum Gasteiger partial charge on any atom is 0.257 e. The minimum Gasteiger partial charge on any atom is -0.495 e. The first-order valence-electron chi connectivity index (χ1n) is 11.5. The Balaban J connectivity index is 1.49. The van der Waals surface area contributed by atoms with Crippen LogP contribution in [0.1, 0.15) is 47.9 Å². The molecule has 2 N–H and O–H groups in total. The standard InChI is InChI=1S/C26H33ClN2O4/c1-16-17(2)23(33-15-25(30)28-3)10-5-18(16)14-29-20-7-8-21(29)13-26(31,12-20)19-6-9-22(27)24(11-19)32-4/h5-6,9-11,20-21,31H,7-8,12-15H2,1-4H3,(H,28,30). The smallest absolute Gasteiger partial charge is 0.257 e. The lowest BCUT2D eigenvalue weighted by Gasteiger charge is -2.44. The van der Waals surface area contributed by atoms with E-state index in [1.54, 1.807) is 14.2 Å². The molecule has 2 aliphatic heterocycles. The van der Waals surface area contributed by atoms with Crippen molar-refractivity contribution in [2.75, 3.05) is 20.8 Å². The number of hydrogen-bond donors (Lipinski definition) is 2. The number of likely N-dealkylation sites (N-methyl/N-ethyl adjacent to an activating group) is 1. The predicted octanol–water partition coefficient (Wildman–Crippen LogP) is 4.10. The predicted molar refractivity (Wildman–Crippen MR) is 129 cm³/mol. The number of ether oxygens (including phenoxy) is 2. The van der Waals surface area contributed by atoms with Crippen molar-refractivity contribution in [3.63, 3.8) is 0 Å². The number of nitrogens with one attached hydrogen (secondary N) is 1. The number of amides is 1. The number of piperidine rings is 1. The SMILES string of the molecule is CNC(=O)COc1ccc(CN2C3CCC2CC(O)(c2ccc(Cl)c(OC)c2)C3)c(C)c1C. The van der Waals surface area contributed by atoms with Gasteiger partial charge >= 0.3 is 0 Å². The first-order chi connectivity index (χ1) is 15.8. The summed E-state index contributed by atoms with van der Waals surface area (Å²) in [6, 6.07) is 10.3. The summed E-state index contributed by atoms with van der Waals surface area (Å²) in [4.78, 5) is 14.1. The highest BCUT2D eigenvalue weighted by Crippen LogP contribution is 2.47. The van der Waals surface area contributed by atoms with Crippen LogP contribution in [0.2, 0.25) is 5.02 Å². The molecule has 2 aliphatic rings. The second-order valence-corrected chi connectivity index (χ2v) is 9.69. The molecule has 7 heteroatoms. The highest BCUT2D eigenvalue weighted by molar-refractivity contribution is 6.32. The number of hydrogen-bond acceptors (Lipinski definition) is 5. The van der Waals surface area contributed by atoms with Crippen LogP contribution in [0.3, 0.4) is 0 Å². The summed E-state index contributed by atoms with van der Waals surface area (Å²) >= 11 is 6.20. The van der Waals surface area contributed by atoms with Crippen molar-refractivity contribution >= 4 is 17.5 Å². The number of aliphatic hydroxyl groups is 1. The second kappa shape index (κ2) is 9.53. The van der Waals surface area contributed by atoms with Gasteiger partial charge in [0.15, 0.2) is 6.61 Å². The third-order valence-electron chi connectivity index (χ3n) is 7.45. The van der Waals surface area contributed by atoms with Crippen molar-refractivity contribution < 1.29 is 19.4 Å². The van der Waals surface area contributed by atoms with E-state index in [9.17, 15) is 9.90 Å². The molecule has 2 heterocycles. The molecule has 0 spiro atoms. The first-order valence-corrected chi connectivity index (χ1v) is 11.9. The van der Waals surface area contributed by atoms with Gasteiger partial charge in [0.05, 0.1) is 17.7 Å². The largest absolute Gasteiger partial charge is 0.495 e. The van der Waals surface area contributed by atoms with Crippen LogP contribution >= 0.6 is 11.6 Å². The lowest BCUT2D eigenvalue weighted by Crippen LogP contribution is -2.49. The number of nitrogens with zero attached hydrogens (tertiary/aromatic N) is 1. The van der Waals surface area contributed by atoms with Crippen LogP contribution in [0.4, 0.5) is 0 Å². The zero-order chi connectivity index (χ0) is 23.8. The van der Waals surface area contributed by atoms with Gasteiger partial charge in [-0.2, -0.15) is 0 Å². The van der Waals surface area contributed by atoms with Crippen molar-refractivity contribution in [2.45, 2.75) is 63.8 Å². The molecule has 178 valence electrons. The van der Waals surface area contributed by atoms with Gasteiger partial charge in [-0.05, 0) is 80.0 Å². The number of rotatable bonds is 7. The number of benzene rings is 2. The average Bonchev–Trinajstić information content (AvgIpc) is 3.05. The van der Waals surface area contributed by atoms with E-state index >= 15 is 0 Å². The van der Waals surface area contributed by atoms with Crippen LogP contribution < -0.4 is 14.8 Å². The molecule has 2 fully saturated rings. The Labute approximate surface area is 200 Å². The maximum absolute atomic E-state index is 11.6. The molecule has 1 amide bonds. The zero-order valence-corrected chi connectivity index (χ0v) is 20.5. The fraction of sp³-hybridized carbons (Fsp3) is 0.500. The van der Waals surface area contributed by atoms with Crippen LogP contribution in [-0.2, 0) is 16.9 Å². The minimum absolute atomic E-state index is 0.0144. The minimum atomic E-state index is -0.872. The molecule has 2 atom stereocenters. The Kier molecular flexibility index (Phi) is 6.89. The summed E-state index contributed by atoms with van der Waals surface area (Å²) < 4.78 is 11.1. The van der Waals surface area contributed by atoms with E-state index in [0.29, 0.717) is 35.7 Å². The Hall–Kier alpha value is -2.28. The quantitative estimate of drug-likeness (QED) is 0.634. The average molecular weight is 473 g/mol. The third kappa shape index (κ3) is 4.70. The van der Waals surface area contributed by atoms with E-state index in [-0.39, 0.29) is 12.5 Å². The van der Waals surface area contributed by atoms with Crippen molar-refractivity contribution in [3.8, 4) is 11.5 Å². The van der Waals surface area contributed by atoms with Crippen LogP contribution in [0, 0.1) is 13.8 Å². The van der Waals surface area contributed by atoms with Gasteiger partial charge in [0.2, 0.25) is 0 Å². The van der Waals surface area contributed by atoms with Gasteiger partial charge in [-0.3, -0.25) is 9.69 Å². The molecular formula is C26H33ClN2O4. The van der Waals surface area contributed by atoms with E-state index in [2.05, 4.69) is 23.2 Å². The first kappa shape index (κ1) is 23.9. The lowest BCUT2D eigenvalue weighted by atomic mass is 9.80. The highest BCUT2D eigenvalue weighted by atomic mass is 35.5. The van der Waals surface area contributed by atoms with Crippen molar-refractivity contribution in [2.24, 2.45) is 0 Å². The molecule has 2 aromatic rings. The number of carbonyl (C=O) groups excluding carboxylic acids is 1. The fourth-order valence-electron chi connectivity index (χ4n) is 5.35. The zero-order valence-electron chi connectivity index (χ0n) is 19.8. The summed E-state index contributed by atoms with van der Waals surface area (Å²) in [7, 11) is 3.20. The van der Waals surface area contributed by atoms with Crippen molar-refractivity contribution in [1.29, 1.82) is 0 Å². The molecule has 2 unspecified atom stereocenters. The topological polar surface area (TPSA) is 71.0 Å². The normalized spacial score (nSPS) is 24.5. The number of halogens is 1. The number of fused-ring (bicyclic) bond motifs is 2. The molecule has 0 aromatic heterocycles. The van der Waals surface area contributed by atoms with Gasteiger partial charge in [0.25, 0.3) is 5.91 Å². The van der Waals surface area contributed by atoms with Gasteiger partial charge in [0.1, 0.15) is 11.5 Å². The molecule has 2 aromatic carbocycles. The second-order valence-electron chi connectivity index (χ2n) is 9.28. The van der Waals surface area contributed by atoms with Crippen LogP contribution in [0.5, 0.6) is 11.5 Å². The van der Waals surface area contributed by atoms with Gasteiger partial charge < -0.3 is 19.9 Å². The molecule has 4 rings (SSSR count). The summed E-state index contributed by atoms with van der Waals surface area (Å²) in [5.74, 6) is 1.20. The molecule has 2 bridgehead atoms. The summed E-state index contributed by atoms with van der Waals surface area (Å²) in [6.45, 7) is 5.01. The molecule has 0 aliphatic carbocycles. The van der Waals surface area contributed by atoms with Gasteiger partial charge in [-0.1, -0.05) is 23.7 Å². The summed E-state index contributed by atoms with van der Waals surface area (Å²) in [6.07, 6.45) is 3.56. The fourth-order valence-corrected chi connectivity index (χ4v) is 5.55. The molecule has 2 saturated heterocycles. The van der Waals surface area contributed by atoms with E-state index in [4.69, 9.17) is 21.1 Å². The van der Waals surface area contributed by atoms with E-state index < -0.39 is 5.60 Å². The summed E-state index contributed by atoms with van der Waals surface area (Å²) in [5, 5.41) is 14.7. The van der Waals surface area contributed by atoms with Crippen LogP contribution in [-0.4, -0.2) is 48.8 Å². The van der Waals surface area contributed by atoms with Gasteiger partial charge in [0, 0.05) is 25.7 Å². The summed E-state index contributed by atoms with van der Waals surface area (Å²) in [5.41, 5.74) is 3.51. The molecule has 0 radical (unpaired) electrons. The van der Waals surface area contributed by atoms with Crippen LogP contribution in [0.15, 0.2) is 30.3 Å². The Morgan fingerprint density at radius 2 is 1.85 bits per heavy atom. The Morgan fingerprint density at radius 3 is 2.48 bits per heavy atom. The highest BCUT2D eigenvalue weighted by Gasteiger charge is 2.48. The molecule has 0 saturated carbocycles. The van der Waals surface area contributed by atoms with Crippen molar-refractivity contribution in [3.05, 3.63) is 57.6 Å². The maximum atomic E-state index is 11.6. The van der Waals surface area contributed by atoms with Crippen LogP contribution in [0.25, 0.3) is 0 Å². The lowest BCUT2D eigenvalue weighted by molar-refractivity contribution is -0.122. The van der Waals surface area contributed by atoms with E-state index in [0.717, 1.165) is 36.3 Å². The monoisotopic (exact) mass is 472 g/mol. The number of carbonyl (C=O) groups is 1. The Bertz CT molecular complexity index is 1030. The molecule has 6 nitrogen and oxygen atoms in total. The number of methoxy groups -OCH3 is 1. The Morgan fingerprint density at radius 1 is 1.15 bits per heavy atom.